The first-order valence-electron chi connectivity index (χ1n) is 5.36. The zero-order chi connectivity index (χ0) is 12.1. The first kappa shape index (κ1) is 11.2. The van der Waals surface area contributed by atoms with Gasteiger partial charge in [-0.1, -0.05) is 0 Å². The van der Waals surface area contributed by atoms with Crippen LogP contribution in [0.15, 0.2) is 36.7 Å². The topological polar surface area (TPSA) is 73.1 Å². The average Bonchev–Trinajstić information content (AvgIpc) is 2.35. The van der Waals surface area contributed by atoms with Crippen LogP contribution in [0.25, 0.3) is 0 Å². The van der Waals surface area contributed by atoms with Crippen molar-refractivity contribution >= 4 is 17.3 Å². The van der Waals surface area contributed by atoms with E-state index in [1.54, 1.807) is 12.4 Å². The van der Waals surface area contributed by atoms with Crippen molar-refractivity contribution in [1.29, 1.82) is 0 Å². The Hall–Kier alpha value is -2.30. The highest BCUT2D eigenvalue weighted by Crippen LogP contribution is 2.20. The molecule has 5 nitrogen and oxygen atoms in total. The van der Waals surface area contributed by atoms with Crippen LogP contribution in [-0.4, -0.2) is 16.6 Å². The minimum Gasteiger partial charge on any atom is -0.494 e. The van der Waals surface area contributed by atoms with Crippen LogP contribution in [0, 0.1) is 0 Å². The maximum atomic E-state index is 5.69. The molecule has 1 aromatic heterocycles. The normalized spacial score (nSPS) is 9.94. The van der Waals surface area contributed by atoms with Crippen molar-refractivity contribution in [3.05, 3.63) is 36.7 Å². The third-order valence-corrected chi connectivity index (χ3v) is 2.15. The molecule has 0 saturated heterocycles. The molecule has 0 unspecified atom stereocenters. The number of nitrogens with one attached hydrogen (secondary N) is 1. The summed E-state index contributed by atoms with van der Waals surface area (Å²) >= 11 is 0. The number of benzene rings is 1. The summed E-state index contributed by atoms with van der Waals surface area (Å²) in [5, 5.41) is 3.09. The predicted molar refractivity (Wildman–Crippen MR) is 67.3 cm³/mol. The minimum atomic E-state index is 0.376. The molecule has 1 heterocycles. The molecule has 0 saturated carbocycles. The molecule has 2 rings (SSSR count). The third kappa shape index (κ3) is 2.84. The first-order valence-corrected chi connectivity index (χ1v) is 5.36. The zero-order valence-corrected chi connectivity index (χ0v) is 9.55. The zero-order valence-electron chi connectivity index (χ0n) is 9.55. The van der Waals surface area contributed by atoms with Gasteiger partial charge in [-0.25, -0.2) is 9.97 Å². The average molecular weight is 230 g/mol. The van der Waals surface area contributed by atoms with Gasteiger partial charge in [-0.3, -0.25) is 0 Å². The van der Waals surface area contributed by atoms with Crippen molar-refractivity contribution < 1.29 is 4.74 Å². The summed E-state index contributed by atoms with van der Waals surface area (Å²) in [5.74, 6) is 1.77. The van der Waals surface area contributed by atoms with Gasteiger partial charge in [0, 0.05) is 18.1 Å². The standard InChI is InChI=1S/C12H14N4O/c1-2-17-10-5-3-9(4-6-10)16-12-11(13)14-7-8-15-12/h3-8H,2H2,1H3,(H2,13,14)(H,15,16). The van der Waals surface area contributed by atoms with Crippen LogP contribution in [0.5, 0.6) is 5.75 Å². The molecule has 3 N–H and O–H groups in total. The van der Waals surface area contributed by atoms with E-state index in [-0.39, 0.29) is 0 Å². The number of hydrogen-bond acceptors (Lipinski definition) is 5. The maximum Gasteiger partial charge on any atom is 0.173 e. The van der Waals surface area contributed by atoms with Crippen molar-refractivity contribution in [2.75, 3.05) is 17.7 Å². The Morgan fingerprint density at radius 1 is 1.18 bits per heavy atom. The smallest absolute Gasteiger partial charge is 0.173 e. The molecule has 88 valence electrons. The Balaban J connectivity index is 2.11. The van der Waals surface area contributed by atoms with Crippen LogP contribution in [0.3, 0.4) is 0 Å². The fourth-order valence-electron chi connectivity index (χ4n) is 1.38. The molecule has 0 amide bonds. The van der Waals surface area contributed by atoms with Gasteiger partial charge >= 0.3 is 0 Å². The summed E-state index contributed by atoms with van der Waals surface area (Å²) in [6, 6.07) is 7.58. The lowest BCUT2D eigenvalue weighted by Crippen LogP contribution is -2.00. The van der Waals surface area contributed by atoms with E-state index in [0.717, 1.165) is 11.4 Å². The second kappa shape index (κ2) is 5.16. The minimum absolute atomic E-state index is 0.376. The summed E-state index contributed by atoms with van der Waals surface area (Å²) in [6.45, 7) is 2.61. The van der Waals surface area contributed by atoms with Crippen LogP contribution in [-0.2, 0) is 0 Å². The van der Waals surface area contributed by atoms with Crippen molar-refractivity contribution in [2.24, 2.45) is 0 Å². The van der Waals surface area contributed by atoms with Gasteiger partial charge in [-0.05, 0) is 31.2 Å². The SMILES string of the molecule is CCOc1ccc(Nc2nccnc2N)cc1. The number of hydrogen-bond donors (Lipinski definition) is 2. The quantitative estimate of drug-likeness (QED) is 0.842. The third-order valence-electron chi connectivity index (χ3n) is 2.15. The van der Waals surface area contributed by atoms with Gasteiger partial charge in [0.05, 0.1) is 6.61 Å². The molecule has 0 spiro atoms. The Morgan fingerprint density at radius 3 is 2.53 bits per heavy atom. The molecule has 0 bridgehead atoms. The number of aromatic nitrogens is 2. The van der Waals surface area contributed by atoms with Gasteiger partial charge < -0.3 is 15.8 Å². The van der Waals surface area contributed by atoms with E-state index in [9.17, 15) is 0 Å². The second-order valence-electron chi connectivity index (χ2n) is 3.37. The molecule has 0 aliphatic carbocycles. The number of nitrogen functional groups attached to an aromatic ring is 1. The summed E-state index contributed by atoms with van der Waals surface area (Å²) in [6.07, 6.45) is 3.14. The number of rotatable bonds is 4. The van der Waals surface area contributed by atoms with E-state index < -0.39 is 0 Å². The Labute approximate surface area is 99.7 Å². The van der Waals surface area contributed by atoms with Gasteiger partial charge in [-0.15, -0.1) is 0 Å². The van der Waals surface area contributed by atoms with Crippen LogP contribution >= 0.6 is 0 Å². The number of nitrogens with zero attached hydrogens (tertiary/aromatic N) is 2. The van der Waals surface area contributed by atoms with Gasteiger partial charge in [-0.2, -0.15) is 0 Å². The Morgan fingerprint density at radius 2 is 1.88 bits per heavy atom. The highest BCUT2D eigenvalue weighted by Gasteiger charge is 2.01. The maximum absolute atomic E-state index is 5.69. The molecule has 2 aromatic rings. The van der Waals surface area contributed by atoms with E-state index in [1.165, 1.54) is 0 Å². The number of nitrogens with two attached hydrogens (primary N) is 1. The van der Waals surface area contributed by atoms with Crippen molar-refractivity contribution in [2.45, 2.75) is 6.92 Å². The van der Waals surface area contributed by atoms with E-state index in [4.69, 9.17) is 10.5 Å². The molecule has 0 atom stereocenters. The first-order chi connectivity index (χ1) is 8.29. The van der Waals surface area contributed by atoms with Crippen LogP contribution in [0.2, 0.25) is 0 Å². The van der Waals surface area contributed by atoms with E-state index in [0.29, 0.717) is 18.2 Å². The lowest BCUT2D eigenvalue weighted by atomic mass is 10.3. The Kier molecular flexibility index (Phi) is 3.40. The monoisotopic (exact) mass is 230 g/mol. The van der Waals surface area contributed by atoms with Gasteiger partial charge in [0.1, 0.15) is 5.75 Å². The van der Waals surface area contributed by atoms with Crippen LogP contribution < -0.4 is 15.8 Å². The molecule has 5 heteroatoms. The summed E-state index contributed by atoms with van der Waals surface area (Å²) in [5.41, 5.74) is 6.57. The molecule has 17 heavy (non-hydrogen) atoms. The van der Waals surface area contributed by atoms with E-state index in [2.05, 4.69) is 15.3 Å². The van der Waals surface area contributed by atoms with E-state index >= 15 is 0 Å². The lowest BCUT2D eigenvalue weighted by Gasteiger charge is -2.08. The largest absolute Gasteiger partial charge is 0.494 e. The fourth-order valence-corrected chi connectivity index (χ4v) is 1.38. The summed E-state index contributed by atoms with van der Waals surface area (Å²) in [4.78, 5) is 8.05. The highest BCUT2D eigenvalue weighted by atomic mass is 16.5. The number of anilines is 3. The molecule has 1 aromatic carbocycles. The van der Waals surface area contributed by atoms with Crippen LogP contribution in [0.1, 0.15) is 6.92 Å². The molecule has 0 aliphatic heterocycles. The molecule has 0 fully saturated rings. The summed E-state index contributed by atoms with van der Waals surface area (Å²) < 4.78 is 5.35. The van der Waals surface area contributed by atoms with Crippen molar-refractivity contribution in [3.8, 4) is 5.75 Å². The van der Waals surface area contributed by atoms with Gasteiger partial charge in [0.2, 0.25) is 0 Å². The molecule has 0 aliphatic rings. The summed E-state index contributed by atoms with van der Waals surface area (Å²) in [7, 11) is 0. The number of ether oxygens (including phenoxy) is 1. The van der Waals surface area contributed by atoms with E-state index in [1.807, 2.05) is 31.2 Å². The predicted octanol–water partition coefficient (Wildman–Crippen LogP) is 2.20. The molecular weight excluding hydrogens is 216 g/mol. The Bertz CT molecular complexity index is 484. The van der Waals surface area contributed by atoms with Gasteiger partial charge in [0.25, 0.3) is 0 Å². The van der Waals surface area contributed by atoms with Gasteiger partial charge in [0.15, 0.2) is 11.6 Å². The molecule has 0 radical (unpaired) electrons. The van der Waals surface area contributed by atoms with Crippen molar-refractivity contribution in [3.63, 3.8) is 0 Å². The second-order valence-corrected chi connectivity index (χ2v) is 3.37. The molecular formula is C12H14N4O. The fraction of sp³-hybridized carbons (Fsp3) is 0.167. The van der Waals surface area contributed by atoms with Crippen molar-refractivity contribution in [1.82, 2.24) is 9.97 Å². The van der Waals surface area contributed by atoms with Crippen LogP contribution in [0.4, 0.5) is 17.3 Å². The highest BCUT2D eigenvalue weighted by molar-refractivity contribution is 5.65. The lowest BCUT2D eigenvalue weighted by molar-refractivity contribution is 0.340.